The van der Waals surface area contributed by atoms with Gasteiger partial charge in [0.25, 0.3) is 11.5 Å². The zero-order chi connectivity index (χ0) is 22.2. The van der Waals surface area contributed by atoms with Gasteiger partial charge >= 0.3 is 0 Å². The molecule has 1 saturated heterocycles. The van der Waals surface area contributed by atoms with E-state index in [2.05, 4.69) is 4.98 Å². The molecule has 0 aromatic carbocycles. The van der Waals surface area contributed by atoms with Gasteiger partial charge < -0.3 is 14.2 Å². The van der Waals surface area contributed by atoms with Crippen molar-refractivity contribution in [2.45, 2.75) is 13.5 Å². The topological polar surface area (TPSA) is 88.7 Å². The molecular weight excluding hydrogens is 448 g/mol. The van der Waals surface area contributed by atoms with Crippen molar-refractivity contribution in [1.29, 1.82) is 0 Å². The van der Waals surface area contributed by atoms with Crippen molar-refractivity contribution < 1.29 is 14.0 Å². The molecule has 0 radical (unpaired) electrons. The van der Waals surface area contributed by atoms with E-state index in [1.807, 2.05) is 24.4 Å². The zero-order valence-electron chi connectivity index (χ0n) is 17.3. The van der Waals surface area contributed by atoms with Gasteiger partial charge in [0.1, 0.15) is 11.4 Å². The number of thiophene rings is 2. The smallest absolute Gasteiger partial charge is 0.289 e. The summed E-state index contributed by atoms with van der Waals surface area (Å²) in [5.74, 6) is -0.0490. The van der Waals surface area contributed by atoms with Crippen LogP contribution in [-0.2, 0) is 11.3 Å². The van der Waals surface area contributed by atoms with Crippen LogP contribution < -0.4 is 5.56 Å². The molecular formula is C22H20N4O4S2. The van der Waals surface area contributed by atoms with Gasteiger partial charge in [0.15, 0.2) is 5.76 Å². The molecule has 0 aliphatic carbocycles. The molecule has 0 unspecified atom stereocenters. The Hall–Kier alpha value is -3.24. The van der Waals surface area contributed by atoms with Crippen LogP contribution in [-0.4, -0.2) is 57.3 Å². The van der Waals surface area contributed by atoms with Crippen LogP contribution in [0.15, 0.2) is 51.4 Å². The van der Waals surface area contributed by atoms with Gasteiger partial charge in [-0.3, -0.25) is 19.0 Å². The van der Waals surface area contributed by atoms with Crippen LogP contribution >= 0.6 is 22.7 Å². The molecule has 0 bridgehead atoms. The molecule has 32 heavy (non-hydrogen) atoms. The van der Waals surface area contributed by atoms with E-state index in [0.29, 0.717) is 42.2 Å². The second-order valence-electron chi connectivity index (χ2n) is 7.57. The third-order valence-corrected chi connectivity index (χ3v) is 7.44. The van der Waals surface area contributed by atoms with E-state index in [9.17, 15) is 14.4 Å². The van der Waals surface area contributed by atoms with Crippen molar-refractivity contribution in [2.75, 3.05) is 26.2 Å². The van der Waals surface area contributed by atoms with E-state index < -0.39 is 0 Å². The molecule has 2 amide bonds. The number of furan rings is 1. The molecule has 0 spiro atoms. The third kappa shape index (κ3) is 3.76. The first-order chi connectivity index (χ1) is 15.5. The summed E-state index contributed by atoms with van der Waals surface area (Å²) in [7, 11) is 0. The molecule has 4 aromatic heterocycles. The van der Waals surface area contributed by atoms with Crippen LogP contribution in [0.25, 0.3) is 20.7 Å². The zero-order valence-corrected chi connectivity index (χ0v) is 18.9. The molecule has 5 rings (SSSR count). The maximum absolute atomic E-state index is 13.2. The number of nitrogens with zero attached hydrogens (tertiary/aromatic N) is 4. The third-order valence-electron chi connectivity index (χ3n) is 5.52. The second kappa shape index (κ2) is 8.36. The monoisotopic (exact) mass is 468 g/mol. The number of aryl methyl sites for hydroxylation is 1. The van der Waals surface area contributed by atoms with Gasteiger partial charge in [0.2, 0.25) is 5.91 Å². The van der Waals surface area contributed by atoms with E-state index in [1.54, 1.807) is 33.3 Å². The quantitative estimate of drug-likeness (QED) is 0.459. The Morgan fingerprint density at radius 3 is 2.59 bits per heavy atom. The molecule has 10 heteroatoms. The van der Waals surface area contributed by atoms with Gasteiger partial charge in [-0.25, -0.2) is 4.98 Å². The lowest BCUT2D eigenvalue weighted by atomic mass is 10.2. The first kappa shape index (κ1) is 20.7. The summed E-state index contributed by atoms with van der Waals surface area (Å²) in [6, 6.07) is 7.34. The van der Waals surface area contributed by atoms with Gasteiger partial charge in [-0.05, 0) is 31.2 Å². The van der Waals surface area contributed by atoms with Gasteiger partial charge in [0, 0.05) is 46.9 Å². The number of rotatable bonds is 4. The Balaban J connectivity index is 1.31. The molecule has 0 saturated carbocycles. The minimum atomic E-state index is -0.211. The first-order valence-electron chi connectivity index (χ1n) is 10.2. The largest absolute Gasteiger partial charge is 0.459 e. The average molecular weight is 469 g/mol. The molecule has 164 valence electrons. The summed E-state index contributed by atoms with van der Waals surface area (Å²) in [6.45, 7) is 3.61. The summed E-state index contributed by atoms with van der Waals surface area (Å²) in [6.07, 6.45) is 2.91. The van der Waals surface area contributed by atoms with Crippen LogP contribution in [0.5, 0.6) is 0 Å². The van der Waals surface area contributed by atoms with Crippen LogP contribution in [0.1, 0.15) is 15.4 Å². The van der Waals surface area contributed by atoms with Gasteiger partial charge in [-0.2, -0.15) is 0 Å². The SMILES string of the molecule is Cc1ccc(-c2csc3ncn(CC(=O)N4CCN(C(=O)c5ccco5)CC4)c(=O)c23)s1. The van der Waals surface area contributed by atoms with Crippen molar-refractivity contribution >= 4 is 44.7 Å². The molecule has 4 aromatic rings. The Kier molecular flexibility index (Phi) is 5.40. The number of amides is 2. The highest BCUT2D eigenvalue weighted by molar-refractivity contribution is 7.19. The Labute approximate surface area is 191 Å². The van der Waals surface area contributed by atoms with Gasteiger partial charge in [-0.15, -0.1) is 22.7 Å². The van der Waals surface area contributed by atoms with Crippen molar-refractivity contribution in [2.24, 2.45) is 0 Å². The highest BCUT2D eigenvalue weighted by atomic mass is 32.1. The second-order valence-corrected chi connectivity index (χ2v) is 9.71. The van der Waals surface area contributed by atoms with Gasteiger partial charge in [0.05, 0.1) is 18.0 Å². The van der Waals surface area contributed by atoms with Crippen molar-refractivity contribution in [3.63, 3.8) is 0 Å². The summed E-state index contributed by atoms with van der Waals surface area (Å²) >= 11 is 3.06. The van der Waals surface area contributed by atoms with Crippen molar-refractivity contribution in [1.82, 2.24) is 19.4 Å². The number of hydrogen-bond acceptors (Lipinski definition) is 7. The fourth-order valence-corrected chi connectivity index (χ4v) is 5.66. The normalized spacial score (nSPS) is 14.3. The van der Waals surface area contributed by atoms with E-state index in [0.717, 1.165) is 10.4 Å². The van der Waals surface area contributed by atoms with E-state index in [1.165, 1.54) is 33.4 Å². The number of hydrogen-bond donors (Lipinski definition) is 0. The summed E-state index contributed by atoms with van der Waals surface area (Å²) < 4.78 is 6.55. The highest BCUT2D eigenvalue weighted by Gasteiger charge is 2.26. The molecule has 0 N–H and O–H groups in total. The molecule has 1 aliphatic heterocycles. The maximum atomic E-state index is 13.2. The molecule has 1 fully saturated rings. The minimum absolute atomic E-state index is 0.0767. The molecule has 8 nitrogen and oxygen atoms in total. The number of piperazine rings is 1. The van der Waals surface area contributed by atoms with Gasteiger partial charge in [-0.1, -0.05) is 0 Å². The summed E-state index contributed by atoms with van der Waals surface area (Å²) in [4.78, 5) is 49.1. The van der Waals surface area contributed by atoms with Crippen LogP contribution in [0.2, 0.25) is 0 Å². The molecule has 5 heterocycles. The molecule has 1 aliphatic rings. The summed E-state index contributed by atoms with van der Waals surface area (Å²) in [5, 5.41) is 2.51. The van der Waals surface area contributed by atoms with Crippen molar-refractivity contribution in [3.05, 3.63) is 63.2 Å². The Morgan fingerprint density at radius 2 is 1.91 bits per heavy atom. The Morgan fingerprint density at radius 1 is 1.12 bits per heavy atom. The minimum Gasteiger partial charge on any atom is -0.459 e. The lowest BCUT2D eigenvalue weighted by Gasteiger charge is -2.34. The average Bonchev–Trinajstić information content (AvgIpc) is 3.56. The lowest BCUT2D eigenvalue weighted by molar-refractivity contribution is -0.133. The number of fused-ring (bicyclic) bond motifs is 1. The standard InChI is InChI=1S/C22H20N4O4S2/c1-14-4-5-17(32-14)15-12-31-20-19(15)22(29)26(13-23-20)11-18(27)24-6-8-25(9-7-24)21(28)16-3-2-10-30-16/h2-5,10,12-13H,6-9,11H2,1H3. The van der Waals surface area contributed by atoms with Crippen LogP contribution in [0.4, 0.5) is 0 Å². The first-order valence-corrected chi connectivity index (χ1v) is 11.8. The maximum Gasteiger partial charge on any atom is 0.289 e. The fourth-order valence-electron chi connectivity index (χ4n) is 3.80. The Bertz CT molecular complexity index is 1340. The number of carbonyl (C=O) groups is 2. The van der Waals surface area contributed by atoms with E-state index in [4.69, 9.17) is 4.42 Å². The highest BCUT2D eigenvalue weighted by Crippen LogP contribution is 2.34. The lowest BCUT2D eigenvalue weighted by Crippen LogP contribution is -2.51. The van der Waals surface area contributed by atoms with Crippen LogP contribution in [0.3, 0.4) is 0 Å². The number of aromatic nitrogens is 2. The van der Waals surface area contributed by atoms with E-state index in [-0.39, 0.29) is 23.9 Å². The van der Waals surface area contributed by atoms with E-state index >= 15 is 0 Å². The predicted octanol–water partition coefficient (Wildman–Crippen LogP) is 3.07. The van der Waals surface area contributed by atoms with Crippen molar-refractivity contribution in [3.8, 4) is 10.4 Å². The fraction of sp³-hybridized carbons (Fsp3) is 0.273. The predicted molar refractivity (Wildman–Crippen MR) is 123 cm³/mol. The van der Waals surface area contributed by atoms with Crippen LogP contribution in [0, 0.1) is 6.92 Å². The molecule has 0 atom stereocenters. The summed E-state index contributed by atoms with van der Waals surface area (Å²) in [5.41, 5.74) is 0.657. The number of carbonyl (C=O) groups excluding carboxylic acids is 2.